The van der Waals surface area contributed by atoms with Crippen molar-refractivity contribution < 1.29 is 19.2 Å². The number of aryl methyl sites for hydroxylation is 1. The van der Waals surface area contributed by atoms with E-state index in [0.29, 0.717) is 37.8 Å². The Bertz CT molecular complexity index is 987. The number of fused-ring (bicyclic) bond motifs is 1. The lowest BCUT2D eigenvalue weighted by Crippen LogP contribution is -2.52. The molecule has 1 N–H and O–H groups in total. The van der Waals surface area contributed by atoms with Gasteiger partial charge in [0, 0.05) is 43.8 Å². The van der Waals surface area contributed by atoms with Crippen LogP contribution in [0.5, 0.6) is 0 Å². The van der Waals surface area contributed by atoms with Gasteiger partial charge in [-0.3, -0.25) is 29.5 Å². The van der Waals surface area contributed by atoms with Gasteiger partial charge in [-0.25, -0.2) is 0 Å². The molecule has 0 saturated carbocycles. The minimum absolute atomic E-state index is 0.151. The van der Waals surface area contributed by atoms with Crippen molar-refractivity contribution in [3.8, 4) is 0 Å². The normalized spacial score (nSPS) is 18.6. The second-order valence-corrected chi connectivity index (χ2v) is 7.46. The number of imide groups is 1. The van der Waals surface area contributed by atoms with E-state index in [2.05, 4.69) is 10.3 Å². The first-order valence-electron chi connectivity index (χ1n) is 9.68. The minimum Gasteiger partial charge on any atom is -0.322 e. The molecule has 1 fully saturated rings. The van der Waals surface area contributed by atoms with Gasteiger partial charge in [0.2, 0.25) is 11.8 Å². The Morgan fingerprint density at radius 3 is 2.66 bits per heavy atom. The first kappa shape index (κ1) is 19.0. The van der Waals surface area contributed by atoms with Gasteiger partial charge in [-0.15, -0.1) is 0 Å². The molecule has 1 saturated heterocycles. The molecular weight excluding hydrogens is 370 g/mol. The average molecular weight is 391 g/mol. The smallest absolute Gasteiger partial charge is 0.255 e. The Balaban J connectivity index is 1.39. The molecule has 1 aromatic heterocycles. The Hall–Kier alpha value is -3.35. The number of amides is 3. The number of benzene rings is 1. The van der Waals surface area contributed by atoms with Crippen LogP contribution in [0.15, 0.2) is 42.7 Å². The van der Waals surface area contributed by atoms with Crippen molar-refractivity contribution in [3.05, 3.63) is 65.0 Å². The SMILES string of the molecule is O=C(CCc1ccc2c(c1)CN(C1CCC(=O)NC1=O)C2=O)Cc1ccncc1. The van der Waals surface area contributed by atoms with E-state index in [9.17, 15) is 19.2 Å². The number of hydrogen-bond acceptors (Lipinski definition) is 5. The van der Waals surface area contributed by atoms with Crippen LogP contribution in [0.25, 0.3) is 0 Å². The van der Waals surface area contributed by atoms with Gasteiger partial charge in [-0.05, 0) is 47.7 Å². The number of carbonyl (C=O) groups excluding carboxylic acids is 4. The lowest BCUT2D eigenvalue weighted by molar-refractivity contribution is -0.137. The summed E-state index contributed by atoms with van der Waals surface area (Å²) in [5, 5.41) is 2.30. The molecule has 2 aliphatic rings. The quantitative estimate of drug-likeness (QED) is 0.755. The maximum absolute atomic E-state index is 12.7. The summed E-state index contributed by atoms with van der Waals surface area (Å²) in [7, 11) is 0. The van der Waals surface area contributed by atoms with Crippen LogP contribution in [0.3, 0.4) is 0 Å². The number of carbonyl (C=O) groups is 4. The molecule has 1 aromatic carbocycles. The van der Waals surface area contributed by atoms with Crippen LogP contribution in [-0.2, 0) is 33.8 Å². The van der Waals surface area contributed by atoms with E-state index in [1.807, 2.05) is 24.3 Å². The topological polar surface area (TPSA) is 96.4 Å². The Morgan fingerprint density at radius 2 is 1.90 bits per heavy atom. The van der Waals surface area contributed by atoms with Crippen molar-refractivity contribution >= 4 is 23.5 Å². The number of hydrogen-bond donors (Lipinski definition) is 1. The second-order valence-electron chi connectivity index (χ2n) is 7.46. The molecule has 7 heteroatoms. The zero-order valence-electron chi connectivity index (χ0n) is 15.9. The van der Waals surface area contributed by atoms with Gasteiger partial charge in [0.1, 0.15) is 11.8 Å². The highest BCUT2D eigenvalue weighted by Crippen LogP contribution is 2.28. The highest BCUT2D eigenvalue weighted by atomic mass is 16.2. The van der Waals surface area contributed by atoms with E-state index in [1.165, 1.54) is 4.90 Å². The van der Waals surface area contributed by atoms with Gasteiger partial charge >= 0.3 is 0 Å². The Morgan fingerprint density at radius 1 is 1.10 bits per heavy atom. The number of nitrogens with zero attached hydrogens (tertiary/aromatic N) is 2. The monoisotopic (exact) mass is 391 g/mol. The molecule has 3 amide bonds. The average Bonchev–Trinajstić information content (AvgIpc) is 3.03. The summed E-state index contributed by atoms with van der Waals surface area (Å²) in [5.74, 6) is -0.744. The van der Waals surface area contributed by atoms with Crippen LogP contribution in [0, 0.1) is 0 Å². The number of rotatable bonds is 6. The van der Waals surface area contributed by atoms with E-state index in [1.54, 1.807) is 18.5 Å². The van der Waals surface area contributed by atoms with Gasteiger partial charge in [-0.1, -0.05) is 12.1 Å². The fraction of sp³-hybridized carbons (Fsp3) is 0.318. The maximum atomic E-state index is 12.7. The molecule has 2 aromatic rings. The lowest BCUT2D eigenvalue weighted by atomic mass is 10.00. The van der Waals surface area contributed by atoms with Crippen molar-refractivity contribution in [2.45, 2.75) is 44.7 Å². The molecule has 148 valence electrons. The van der Waals surface area contributed by atoms with E-state index in [0.717, 1.165) is 16.7 Å². The summed E-state index contributed by atoms with van der Waals surface area (Å²) in [5.41, 5.74) is 3.38. The summed E-state index contributed by atoms with van der Waals surface area (Å²) in [6, 6.07) is 8.64. The molecule has 0 bridgehead atoms. The van der Waals surface area contributed by atoms with Gasteiger partial charge in [0.25, 0.3) is 5.91 Å². The third-order valence-corrected chi connectivity index (χ3v) is 5.43. The van der Waals surface area contributed by atoms with Crippen molar-refractivity contribution in [2.75, 3.05) is 0 Å². The standard InChI is InChI=1S/C22H21N3O4/c26-17(12-15-7-9-23-10-8-15)3-1-14-2-4-18-16(11-14)13-25(22(18)29)19-5-6-20(27)24-21(19)28/h2,4,7-11,19H,1,3,5-6,12-13H2,(H,24,27,28). The number of Topliss-reactive ketones (excluding diaryl/α,β-unsaturated/α-hetero) is 1. The highest BCUT2D eigenvalue weighted by Gasteiger charge is 2.38. The number of ketones is 1. The minimum atomic E-state index is -0.613. The third-order valence-electron chi connectivity index (χ3n) is 5.43. The van der Waals surface area contributed by atoms with Crippen LogP contribution in [0.1, 0.15) is 46.3 Å². The molecule has 0 radical (unpaired) electrons. The fourth-order valence-electron chi connectivity index (χ4n) is 3.88. The summed E-state index contributed by atoms with van der Waals surface area (Å²) in [4.78, 5) is 53.9. The molecule has 2 aliphatic heterocycles. The third kappa shape index (κ3) is 4.08. The van der Waals surface area contributed by atoms with Crippen LogP contribution in [0.4, 0.5) is 0 Å². The van der Waals surface area contributed by atoms with Crippen LogP contribution >= 0.6 is 0 Å². The van der Waals surface area contributed by atoms with Gasteiger partial charge in [0.15, 0.2) is 0 Å². The molecule has 4 rings (SSSR count). The maximum Gasteiger partial charge on any atom is 0.255 e. The van der Waals surface area contributed by atoms with E-state index >= 15 is 0 Å². The van der Waals surface area contributed by atoms with Gasteiger partial charge in [-0.2, -0.15) is 0 Å². The lowest BCUT2D eigenvalue weighted by Gasteiger charge is -2.29. The first-order chi connectivity index (χ1) is 14.0. The summed E-state index contributed by atoms with van der Waals surface area (Å²) >= 11 is 0. The highest BCUT2D eigenvalue weighted by molar-refractivity contribution is 6.05. The number of piperidine rings is 1. The van der Waals surface area contributed by atoms with Crippen molar-refractivity contribution in [2.24, 2.45) is 0 Å². The zero-order chi connectivity index (χ0) is 20.4. The molecule has 1 unspecified atom stereocenters. The molecule has 1 atom stereocenters. The van der Waals surface area contributed by atoms with Crippen LogP contribution < -0.4 is 5.32 Å². The summed E-state index contributed by atoms with van der Waals surface area (Å²) in [6.45, 7) is 0.346. The largest absolute Gasteiger partial charge is 0.322 e. The van der Waals surface area contributed by atoms with E-state index < -0.39 is 11.9 Å². The molecular formula is C22H21N3O4. The van der Waals surface area contributed by atoms with Crippen molar-refractivity contribution in [3.63, 3.8) is 0 Å². The Labute approximate surface area is 168 Å². The molecule has 29 heavy (non-hydrogen) atoms. The first-order valence-corrected chi connectivity index (χ1v) is 9.68. The van der Waals surface area contributed by atoms with E-state index in [-0.39, 0.29) is 24.0 Å². The molecule has 0 aliphatic carbocycles. The van der Waals surface area contributed by atoms with Crippen LogP contribution in [0.2, 0.25) is 0 Å². The summed E-state index contributed by atoms with van der Waals surface area (Å²) < 4.78 is 0. The molecule has 7 nitrogen and oxygen atoms in total. The fourth-order valence-corrected chi connectivity index (χ4v) is 3.88. The Kier molecular flexibility index (Phi) is 5.20. The number of nitrogens with one attached hydrogen (secondary N) is 1. The van der Waals surface area contributed by atoms with Crippen molar-refractivity contribution in [1.29, 1.82) is 0 Å². The second kappa shape index (κ2) is 7.95. The zero-order valence-corrected chi connectivity index (χ0v) is 15.9. The summed E-state index contributed by atoms with van der Waals surface area (Å²) in [6.07, 6.45) is 5.34. The van der Waals surface area contributed by atoms with Gasteiger partial charge < -0.3 is 4.90 Å². The number of pyridine rings is 1. The molecule has 0 spiro atoms. The predicted molar refractivity (Wildman–Crippen MR) is 104 cm³/mol. The number of aromatic nitrogens is 1. The van der Waals surface area contributed by atoms with Crippen molar-refractivity contribution in [1.82, 2.24) is 15.2 Å². The van der Waals surface area contributed by atoms with Crippen LogP contribution in [-0.4, -0.2) is 39.4 Å². The van der Waals surface area contributed by atoms with Gasteiger partial charge in [0.05, 0.1) is 0 Å². The van der Waals surface area contributed by atoms with E-state index in [4.69, 9.17) is 0 Å². The predicted octanol–water partition coefficient (Wildman–Crippen LogP) is 1.59. The molecule has 3 heterocycles.